The average molecular weight is 389 g/mol. The minimum atomic E-state index is -0.511. The topological polar surface area (TPSA) is 93.2 Å². The third-order valence-electron chi connectivity index (χ3n) is 4.49. The van der Waals surface area contributed by atoms with Crippen molar-refractivity contribution in [2.75, 3.05) is 17.7 Å². The summed E-state index contributed by atoms with van der Waals surface area (Å²) >= 11 is 6.12. The fourth-order valence-electron chi connectivity index (χ4n) is 3.07. The number of carbonyl (C=O) groups excluding carboxylic acids is 2. The largest absolute Gasteiger partial charge is 0.465 e. The first-order valence-corrected chi connectivity index (χ1v) is 9.22. The minimum Gasteiger partial charge on any atom is -0.465 e. The molecule has 0 aliphatic heterocycles. The number of nitrogens with zero attached hydrogens (tertiary/aromatic N) is 2. The Morgan fingerprint density at radius 3 is 2.67 bits per heavy atom. The van der Waals surface area contributed by atoms with Crippen molar-refractivity contribution in [1.29, 1.82) is 0 Å². The summed E-state index contributed by atoms with van der Waals surface area (Å²) < 4.78 is 4.69. The van der Waals surface area contributed by atoms with E-state index in [0.717, 1.165) is 12.8 Å². The van der Waals surface area contributed by atoms with E-state index in [0.29, 0.717) is 28.1 Å². The van der Waals surface area contributed by atoms with E-state index >= 15 is 0 Å². The highest BCUT2D eigenvalue weighted by atomic mass is 35.5. The van der Waals surface area contributed by atoms with E-state index in [9.17, 15) is 9.59 Å². The van der Waals surface area contributed by atoms with Gasteiger partial charge in [0.15, 0.2) is 0 Å². The van der Waals surface area contributed by atoms with E-state index in [2.05, 4.69) is 25.3 Å². The van der Waals surface area contributed by atoms with Crippen LogP contribution in [0.3, 0.4) is 0 Å². The molecule has 3 rings (SSSR count). The van der Waals surface area contributed by atoms with Crippen LogP contribution < -0.4 is 10.6 Å². The van der Waals surface area contributed by atoms with Gasteiger partial charge >= 0.3 is 5.97 Å². The molecule has 1 amide bonds. The molecule has 1 heterocycles. The van der Waals surface area contributed by atoms with Crippen LogP contribution in [0.4, 0.5) is 11.5 Å². The van der Waals surface area contributed by atoms with Crippen LogP contribution in [0.1, 0.15) is 53.0 Å². The third-order valence-corrected chi connectivity index (χ3v) is 4.82. The first-order chi connectivity index (χ1) is 13.1. The molecule has 1 aromatic carbocycles. The van der Waals surface area contributed by atoms with Crippen LogP contribution in [0.5, 0.6) is 0 Å². The molecular weight excluding hydrogens is 368 g/mol. The molecule has 1 aromatic heterocycles. The number of rotatable bonds is 5. The first-order valence-electron chi connectivity index (χ1n) is 8.84. The highest BCUT2D eigenvalue weighted by Gasteiger charge is 2.16. The molecule has 1 aliphatic rings. The maximum absolute atomic E-state index is 12.6. The number of hydrogen-bond donors (Lipinski definition) is 2. The Bertz CT molecular complexity index is 837. The zero-order valence-corrected chi connectivity index (χ0v) is 15.8. The number of aromatic nitrogens is 2. The second kappa shape index (κ2) is 8.81. The van der Waals surface area contributed by atoms with Crippen LogP contribution in [-0.4, -0.2) is 35.0 Å². The van der Waals surface area contributed by atoms with Gasteiger partial charge in [-0.2, -0.15) is 0 Å². The van der Waals surface area contributed by atoms with E-state index in [1.807, 2.05) is 0 Å². The summed E-state index contributed by atoms with van der Waals surface area (Å²) in [5, 5.41) is 6.36. The van der Waals surface area contributed by atoms with E-state index < -0.39 is 11.9 Å². The molecule has 7 nitrogen and oxygen atoms in total. The number of anilines is 2. The lowest BCUT2D eigenvalue weighted by Gasteiger charge is -2.23. The quantitative estimate of drug-likeness (QED) is 0.754. The van der Waals surface area contributed by atoms with Crippen molar-refractivity contribution < 1.29 is 14.3 Å². The fraction of sp³-hybridized carbons (Fsp3) is 0.368. The zero-order chi connectivity index (χ0) is 19.2. The molecular formula is C19H21ClN4O3. The summed E-state index contributed by atoms with van der Waals surface area (Å²) in [7, 11) is 1.29. The lowest BCUT2D eigenvalue weighted by Crippen LogP contribution is -2.23. The maximum Gasteiger partial charge on any atom is 0.337 e. The predicted octanol–water partition coefficient (Wildman–Crippen LogP) is 3.91. The van der Waals surface area contributed by atoms with Gasteiger partial charge in [0.2, 0.25) is 0 Å². The number of nitrogens with one attached hydrogen (secondary N) is 2. The summed E-state index contributed by atoms with van der Waals surface area (Å²) in [6.45, 7) is 0. The van der Waals surface area contributed by atoms with Crippen molar-refractivity contribution in [2.24, 2.45) is 0 Å². The van der Waals surface area contributed by atoms with Crippen molar-refractivity contribution >= 4 is 35.0 Å². The zero-order valence-electron chi connectivity index (χ0n) is 15.0. The van der Waals surface area contributed by atoms with Gasteiger partial charge in [0.05, 0.1) is 23.4 Å². The number of benzene rings is 1. The molecule has 1 aliphatic carbocycles. The standard InChI is InChI=1S/C19H21ClN4O3/c1-27-19(26)12-7-8-14(20)15(9-12)24-18(25)16-10-17(22-11-21-16)23-13-5-3-2-4-6-13/h7-11,13H,2-6H2,1H3,(H,24,25)(H,21,22,23). The molecule has 1 fully saturated rings. The minimum absolute atomic E-state index is 0.211. The highest BCUT2D eigenvalue weighted by Crippen LogP contribution is 2.24. The van der Waals surface area contributed by atoms with Crippen LogP contribution in [0.2, 0.25) is 5.02 Å². The van der Waals surface area contributed by atoms with Gasteiger partial charge in [-0.1, -0.05) is 30.9 Å². The van der Waals surface area contributed by atoms with E-state index in [1.165, 1.54) is 50.9 Å². The second-order valence-electron chi connectivity index (χ2n) is 6.41. The molecule has 1 saturated carbocycles. The summed E-state index contributed by atoms with van der Waals surface area (Å²) in [5.41, 5.74) is 0.812. The van der Waals surface area contributed by atoms with Crippen LogP contribution in [0.15, 0.2) is 30.6 Å². The van der Waals surface area contributed by atoms with Gasteiger partial charge in [0, 0.05) is 12.1 Å². The molecule has 2 N–H and O–H groups in total. The van der Waals surface area contributed by atoms with Crippen LogP contribution in [0.25, 0.3) is 0 Å². The lowest BCUT2D eigenvalue weighted by atomic mass is 9.95. The number of carbonyl (C=O) groups is 2. The fourth-order valence-corrected chi connectivity index (χ4v) is 3.23. The Balaban J connectivity index is 1.72. The Morgan fingerprint density at radius 2 is 1.93 bits per heavy atom. The number of ether oxygens (including phenoxy) is 1. The molecule has 8 heteroatoms. The monoisotopic (exact) mass is 388 g/mol. The van der Waals surface area contributed by atoms with Crippen LogP contribution >= 0.6 is 11.6 Å². The van der Waals surface area contributed by atoms with Crippen molar-refractivity contribution in [2.45, 2.75) is 38.1 Å². The van der Waals surface area contributed by atoms with Crippen molar-refractivity contribution in [3.63, 3.8) is 0 Å². The highest BCUT2D eigenvalue weighted by molar-refractivity contribution is 6.34. The lowest BCUT2D eigenvalue weighted by molar-refractivity contribution is 0.0600. The summed E-state index contributed by atoms with van der Waals surface area (Å²) in [6.07, 6.45) is 7.22. The Morgan fingerprint density at radius 1 is 1.15 bits per heavy atom. The molecule has 0 radical (unpaired) electrons. The van der Waals surface area contributed by atoms with Gasteiger partial charge in [-0.15, -0.1) is 0 Å². The van der Waals surface area contributed by atoms with E-state index in [1.54, 1.807) is 6.07 Å². The number of amides is 1. The molecule has 0 saturated heterocycles. The van der Waals surface area contributed by atoms with Gasteiger partial charge in [-0.25, -0.2) is 14.8 Å². The van der Waals surface area contributed by atoms with Gasteiger partial charge in [0.25, 0.3) is 5.91 Å². The molecule has 2 aromatic rings. The Kier molecular flexibility index (Phi) is 6.24. The molecule has 0 bridgehead atoms. The van der Waals surface area contributed by atoms with Crippen LogP contribution in [-0.2, 0) is 4.74 Å². The summed E-state index contributed by atoms with van der Waals surface area (Å²) in [5.74, 6) is -0.326. The summed E-state index contributed by atoms with van der Waals surface area (Å²) in [6, 6.07) is 6.51. The van der Waals surface area contributed by atoms with Gasteiger partial charge in [-0.05, 0) is 31.0 Å². The van der Waals surface area contributed by atoms with Gasteiger partial charge in [-0.3, -0.25) is 4.79 Å². The number of halogens is 1. The normalized spacial score (nSPS) is 14.4. The van der Waals surface area contributed by atoms with Crippen LogP contribution in [0, 0.1) is 0 Å². The van der Waals surface area contributed by atoms with E-state index in [-0.39, 0.29) is 5.69 Å². The smallest absolute Gasteiger partial charge is 0.337 e. The Hall–Kier alpha value is -2.67. The summed E-state index contributed by atoms with van der Waals surface area (Å²) in [4.78, 5) is 32.5. The maximum atomic E-state index is 12.6. The molecule has 0 unspecified atom stereocenters. The number of methoxy groups -OCH3 is 1. The average Bonchev–Trinajstić information content (AvgIpc) is 2.70. The van der Waals surface area contributed by atoms with Crippen molar-refractivity contribution in [3.8, 4) is 0 Å². The molecule has 0 spiro atoms. The SMILES string of the molecule is COC(=O)c1ccc(Cl)c(NC(=O)c2cc(NC3CCCCC3)ncn2)c1. The van der Waals surface area contributed by atoms with E-state index in [4.69, 9.17) is 11.6 Å². The second-order valence-corrected chi connectivity index (χ2v) is 6.82. The third kappa shape index (κ3) is 4.95. The van der Waals surface area contributed by atoms with Gasteiger partial charge in [0.1, 0.15) is 17.8 Å². The first kappa shape index (κ1) is 19.1. The van der Waals surface area contributed by atoms with Crippen molar-refractivity contribution in [3.05, 3.63) is 46.9 Å². The molecule has 142 valence electrons. The molecule has 0 atom stereocenters. The number of esters is 1. The predicted molar refractivity (Wildman–Crippen MR) is 103 cm³/mol. The Labute approximate surface area is 162 Å². The van der Waals surface area contributed by atoms with Crippen molar-refractivity contribution in [1.82, 2.24) is 9.97 Å². The molecule has 27 heavy (non-hydrogen) atoms. The number of hydrogen-bond acceptors (Lipinski definition) is 6. The van der Waals surface area contributed by atoms with Gasteiger partial charge < -0.3 is 15.4 Å².